The SMILES string of the molecule is Nc1cc2ccccc2cc1-c1nc(-c2ccco2)no1. The van der Waals surface area contributed by atoms with Crippen molar-refractivity contribution in [1.82, 2.24) is 10.1 Å². The molecule has 4 rings (SSSR count). The molecule has 5 heteroatoms. The van der Waals surface area contributed by atoms with Gasteiger partial charge in [-0.05, 0) is 35.0 Å². The highest BCUT2D eigenvalue weighted by Gasteiger charge is 2.15. The molecule has 0 fully saturated rings. The average Bonchev–Trinajstić information content (AvgIpc) is 3.17. The largest absolute Gasteiger partial charge is 0.461 e. The van der Waals surface area contributed by atoms with Crippen molar-refractivity contribution in [2.45, 2.75) is 0 Å². The topological polar surface area (TPSA) is 78.1 Å². The van der Waals surface area contributed by atoms with Gasteiger partial charge in [0.05, 0.1) is 11.8 Å². The molecule has 0 atom stereocenters. The molecule has 0 aliphatic rings. The Bertz CT molecular complexity index is 910. The van der Waals surface area contributed by atoms with E-state index in [0.717, 1.165) is 16.3 Å². The third-order valence-electron chi connectivity index (χ3n) is 3.32. The predicted octanol–water partition coefficient (Wildman–Crippen LogP) is 3.73. The fraction of sp³-hybridized carbons (Fsp3) is 0. The van der Waals surface area contributed by atoms with Gasteiger partial charge in [-0.15, -0.1) is 0 Å². The summed E-state index contributed by atoms with van der Waals surface area (Å²) in [5, 5.41) is 6.06. The van der Waals surface area contributed by atoms with Crippen LogP contribution in [0, 0.1) is 0 Å². The van der Waals surface area contributed by atoms with Gasteiger partial charge < -0.3 is 14.7 Å². The Kier molecular flexibility index (Phi) is 2.50. The van der Waals surface area contributed by atoms with Crippen LogP contribution in [0.2, 0.25) is 0 Å². The van der Waals surface area contributed by atoms with Crippen LogP contribution in [0.4, 0.5) is 5.69 Å². The van der Waals surface area contributed by atoms with E-state index < -0.39 is 0 Å². The van der Waals surface area contributed by atoms with Crippen LogP contribution in [0.15, 0.2) is 63.7 Å². The van der Waals surface area contributed by atoms with Crippen LogP contribution < -0.4 is 5.73 Å². The fourth-order valence-electron chi connectivity index (χ4n) is 2.28. The van der Waals surface area contributed by atoms with Gasteiger partial charge in [-0.1, -0.05) is 29.4 Å². The molecular weight excluding hydrogens is 266 g/mol. The summed E-state index contributed by atoms with van der Waals surface area (Å²) >= 11 is 0. The summed E-state index contributed by atoms with van der Waals surface area (Å²) in [5.74, 6) is 1.34. The summed E-state index contributed by atoms with van der Waals surface area (Å²) in [6, 6.07) is 15.4. The van der Waals surface area contributed by atoms with Gasteiger partial charge >= 0.3 is 0 Å². The van der Waals surface area contributed by atoms with Gasteiger partial charge in [0.25, 0.3) is 5.89 Å². The highest BCUT2D eigenvalue weighted by Crippen LogP contribution is 2.30. The molecule has 2 heterocycles. The number of hydrogen-bond acceptors (Lipinski definition) is 5. The zero-order chi connectivity index (χ0) is 14.2. The maximum atomic E-state index is 6.10. The van der Waals surface area contributed by atoms with Gasteiger partial charge in [0.1, 0.15) is 0 Å². The predicted molar refractivity (Wildman–Crippen MR) is 79.4 cm³/mol. The lowest BCUT2D eigenvalue weighted by atomic mass is 10.1. The summed E-state index contributed by atoms with van der Waals surface area (Å²) in [6.45, 7) is 0. The minimum Gasteiger partial charge on any atom is -0.461 e. The van der Waals surface area contributed by atoms with E-state index >= 15 is 0 Å². The molecule has 2 aromatic heterocycles. The zero-order valence-electron chi connectivity index (χ0n) is 11.0. The third-order valence-corrected chi connectivity index (χ3v) is 3.32. The Morgan fingerprint density at radius 3 is 2.52 bits per heavy atom. The first-order chi connectivity index (χ1) is 10.3. The van der Waals surface area contributed by atoms with Gasteiger partial charge in [-0.3, -0.25) is 0 Å². The van der Waals surface area contributed by atoms with Crippen molar-refractivity contribution in [1.29, 1.82) is 0 Å². The Morgan fingerprint density at radius 1 is 0.952 bits per heavy atom. The van der Waals surface area contributed by atoms with Crippen LogP contribution in [0.1, 0.15) is 0 Å². The Labute approximate surface area is 120 Å². The molecule has 2 aromatic carbocycles. The Morgan fingerprint density at radius 2 is 1.76 bits per heavy atom. The fourth-order valence-corrected chi connectivity index (χ4v) is 2.28. The minimum atomic E-state index is 0.379. The standard InChI is InChI=1S/C16H11N3O2/c17-13-9-11-5-2-1-4-10(11)8-12(13)16-18-15(19-21-16)14-6-3-7-20-14/h1-9H,17H2. The lowest BCUT2D eigenvalue weighted by molar-refractivity contribution is 0.430. The van der Waals surface area contributed by atoms with E-state index in [9.17, 15) is 0 Å². The molecule has 0 aliphatic heterocycles. The highest BCUT2D eigenvalue weighted by atomic mass is 16.5. The molecule has 2 N–H and O–H groups in total. The third kappa shape index (κ3) is 1.95. The first-order valence-corrected chi connectivity index (χ1v) is 6.47. The molecule has 0 bridgehead atoms. The second-order valence-electron chi connectivity index (χ2n) is 4.69. The van der Waals surface area contributed by atoms with E-state index in [2.05, 4.69) is 10.1 Å². The number of benzene rings is 2. The summed E-state index contributed by atoms with van der Waals surface area (Å²) in [5.41, 5.74) is 7.42. The van der Waals surface area contributed by atoms with Gasteiger partial charge in [0.15, 0.2) is 5.76 Å². The maximum Gasteiger partial charge on any atom is 0.260 e. The number of furan rings is 1. The van der Waals surface area contributed by atoms with Crippen LogP contribution in [-0.2, 0) is 0 Å². The lowest BCUT2D eigenvalue weighted by Gasteiger charge is -2.03. The molecule has 0 spiro atoms. The maximum absolute atomic E-state index is 6.10. The number of anilines is 1. The van der Waals surface area contributed by atoms with Crippen molar-refractivity contribution in [3.8, 4) is 23.0 Å². The van der Waals surface area contributed by atoms with Crippen molar-refractivity contribution in [2.24, 2.45) is 0 Å². The molecule has 0 saturated carbocycles. The summed E-state index contributed by atoms with van der Waals surface area (Å²) in [7, 11) is 0. The van der Waals surface area contributed by atoms with Crippen molar-refractivity contribution < 1.29 is 8.94 Å². The number of hydrogen-bond donors (Lipinski definition) is 1. The molecule has 102 valence electrons. The van der Waals surface area contributed by atoms with Crippen LogP contribution in [-0.4, -0.2) is 10.1 Å². The van der Waals surface area contributed by atoms with Gasteiger partial charge in [0, 0.05) is 5.69 Å². The van der Waals surface area contributed by atoms with Crippen LogP contribution in [0.5, 0.6) is 0 Å². The molecule has 5 nitrogen and oxygen atoms in total. The summed E-state index contributed by atoms with van der Waals surface area (Å²) < 4.78 is 10.6. The molecule has 0 radical (unpaired) electrons. The molecular formula is C16H11N3O2. The first kappa shape index (κ1) is 11.7. The van der Waals surface area contributed by atoms with Gasteiger partial charge in [-0.25, -0.2) is 0 Å². The normalized spacial score (nSPS) is 11.0. The summed E-state index contributed by atoms with van der Waals surface area (Å²) in [4.78, 5) is 4.34. The van der Waals surface area contributed by atoms with Crippen molar-refractivity contribution >= 4 is 16.5 Å². The second kappa shape index (κ2) is 4.49. The number of fused-ring (bicyclic) bond motifs is 1. The van der Waals surface area contributed by atoms with E-state index in [-0.39, 0.29) is 0 Å². The highest BCUT2D eigenvalue weighted by molar-refractivity contribution is 5.92. The number of nitrogens with two attached hydrogens (primary N) is 1. The van der Waals surface area contributed by atoms with E-state index in [1.807, 2.05) is 36.4 Å². The molecule has 0 unspecified atom stereocenters. The Balaban J connectivity index is 1.85. The van der Waals surface area contributed by atoms with Crippen LogP contribution in [0.3, 0.4) is 0 Å². The van der Waals surface area contributed by atoms with Crippen LogP contribution in [0.25, 0.3) is 33.8 Å². The van der Waals surface area contributed by atoms with E-state index in [1.165, 1.54) is 0 Å². The van der Waals surface area contributed by atoms with Crippen LogP contribution >= 0.6 is 0 Å². The van der Waals surface area contributed by atoms with E-state index in [4.69, 9.17) is 14.7 Å². The molecule has 21 heavy (non-hydrogen) atoms. The Hall–Kier alpha value is -3.08. The number of aromatic nitrogens is 2. The van der Waals surface area contributed by atoms with Crippen molar-refractivity contribution in [3.63, 3.8) is 0 Å². The van der Waals surface area contributed by atoms with Gasteiger partial charge in [0.2, 0.25) is 5.82 Å². The lowest BCUT2D eigenvalue weighted by Crippen LogP contribution is -1.90. The van der Waals surface area contributed by atoms with Crippen molar-refractivity contribution in [2.75, 3.05) is 5.73 Å². The number of rotatable bonds is 2. The average molecular weight is 277 g/mol. The first-order valence-electron chi connectivity index (χ1n) is 6.47. The van der Waals surface area contributed by atoms with Gasteiger partial charge in [-0.2, -0.15) is 4.98 Å². The zero-order valence-corrected chi connectivity index (χ0v) is 11.0. The molecule has 0 amide bonds. The van der Waals surface area contributed by atoms with E-state index in [0.29, 0.717) is 23.2 Å². The summed E-state index contributed by atoms with van der Waals surface area (Å²) in [6.07, 6.45) is 1.57. The second-order valence-corrected chi connectivity index (χ2v) is 4.69. The number of nitrogen functional groups attached to an aromatic ring is 1. The molecule has 0 saturated heterocycles. The van der Waals surface area contributed by atoms with E-state index in [1.54, 1.807) is 18.4 Å². The molecule has 4 aromatic rings. The number of nitrogens with zero attached hydrogens (tertiary/aromatic N) is 2. The quantitative estimate of drug-likeness (QED) is 0.565. The minimum absolute atomic E-state index is 0.379. The molecule has 0 aliphatic carbocycles. The monoisotopic (exact) mass is 277 g/mol. The smallest absolute Gasteiger partial charge is 0.260 e. The van der Waals surface area contributed by atoms with Crippen molar-refractivity contribution in [3.05, 3.63) is 54.8 Å².